The second-order valence-corrected chi connectivity index (χ2v) is 4.79. The molecule has 1 atom stereocenters. The molecule has 1 aromatic heterocycles. The van der Waals surface area contributed by atoms with Crippen molar-refractivity contribution in [2.24, 2.45) is 5.92 Å². The largest absolute Gasteiger partial charge is 0.370 e. The molecule has 0 saturated carbocycles. The third-order valence-electron chi connectivity index (χ3n) is 2.92. The van der Waals surface area contributed by atoms with E-state index in [2.05, 4.69) is 27.5 Å². The fourth-order valence-corrected chi connectivity index (χ4v) is 1.83. The summed E-state index contributed by atoms with van der Waals surface area (Å²) >= 11 is 0. The Balaban J connectivity index is 2.78. The summed E-state index contributed by atoms with van der Waals surface area (Å²) in [6, 6.07) is 1.84. The van der Waals surface area contributed by atoms with Gasteiger partial charge in [-0.1, -0.05) is 13.8 Å². The Morgan fingerprint density at radius 2 is 2.20 bits per heavy atom. The van der Waals surface area contributed by atoms with Crippen molar-refractivity contribution < 1.29 is 4.79 Å². The number of aromatic nitrogens is 2. The SMILES string of the molecule is CCCNc1cc(N(C)CC(C)C(=O)NC)nc(N)n1. The van der Waals surface area contributed by atoms with Crippen LogP contribution >= 0.6 is 0 Å². The van der Waals surface area contributed by atoms with Gasteiger partial charge in [0.1, 0.15) is 11.6 Å². The topological polar surface area (TPSA) is 96.2 Å². The first-order valence-corrected chi connectivity index (χ1v) is 6.79. The van der Waals surface area contributed by atoms with Gasteiger partial charge in [-0.2, -0.15) is 9.97 Å². The molecule has 0 aromatic carbocycles. The van der Waals surface area contributed by atoms with Crippen LogP contribution in [-0.2, 0) is 4.79 Å². The van der Waals surface area contributed by atoms with Crippen molar-refractivity contribution in [2.45, 2.75) is 20.3 Å². The summed E-state index contributed by atoms with van der Waals surface area (Å²) in [6.45, 7) is 5.34. The lowest BCUT2D eigenvalue weighted by Gasteiger charge is -2.22. The zero-order chi connectivity index (χ0) is 15.1. The highest BCUT2D eigenvalue weighted by Crippen LogP contribution is 2.17. The predicted molar refractivity (Wildman–Crippen MR) is 81.7 cm³/mol. The molecule has 0 aliphatic carbocycles. The number of nitrogens with one attached hydrogen (secondary N) is 2. The average molecular weight is 280 g/mol. The van der Waals surface area contributed by atoms with E-state index in [1.165, 1.54) is 0 Å². The van der Waals surface area contributed by atoms with Crippen LogP contribution < -0.4 is 21.3 Å². The summed E-state index contributed by atoms with van der Waals surface area (Å²) in [5.74, 6) is 1.50. The van der Waals surface area contributed by atoms with Crippen molar-refractivity contribution >= 4 is 23.5 Å². The van der Waals surface area contributed by atoms with E-state index in [9.17, 15) is 4.79 Å². The molecule has 1 unspecified atom stereocenters. The zero-order valence-electron chi connectivity index (χ0n) is 12.6. The van der Waals surface area contributed by atoms with E-state index in [0.717, 1.165) is 13.0 Å². The maximum absolute atomic E-state index is 11.5. The van der Waals surface area contributed by atoms with E-state index >= 15 is 0 Å². The molecule has 1 heterocycles. The molecule has 0 fully saturated rings. The highest BCUT2D eigenvalue weighted by atomic mass is 16.1. The fraction of sp³-hybridized carbons (Fsp3) is 0.615. The van der Waals surface area contributed by atoms with Gasteiger partial charge in [-0.15, -0.1) is 0 Å². The van der Waals surface area contributed by atoms with Gasteiger partial charge in [-0.3, -0.25) is 4.79 Å². The first kappa shape index (κ1) is 16.0. The smallest absolute Gasteiger partial charge is 0.224 e. The molecule has 7 heteroatoms. The molecule has 112 valence electrons. The van der Waals surface area contributed by atoms with Gasteiger partial charge < -0.3 is 21.3 Å². The monoisotopic (exact) mass is 280 g/mol. The highest BCUT2D eigenvalue weighted by molar-refractivity contribution is 5.78. The number of hydrogen-bond acceptors (Lipinski definition) is 6. The van der Waals surface area contributed by atoms with Crippen LogP contribution in [0.3, 0.4) is 0 Å². The molecular weight excluding hydrogens is 256 g/mol. The molecule has 1 rings (SSSR count). The number of carbonyl (C=O) groups is 1. The summed E-state index contributed by atoms with van der Waals surface area (Å²) in [7, 11) is 3.51. The van der Waals surface area contributed by atoms with Crippen LogP contribution in [0.5, 0.6) is 0 Å². The summed E-state index contributed by atoms with van der Waals surface area (Å²) < 4.78 is 0. The van der Waals surface area contributed by atoms with E-state index in [4.69, 9.17) is 5.73 Å². The second kappa shape index (κ2) is 7.52. The van der Waals surface area contributed by atoms with Crippen LogP contribution in [0, 0.1) is 5.92 Å². The molecule has 1 aromatic rings. The maximum Gasteiger partial charge on any atom is 0.224 e. The number of rotatable bonds is 7. The molecule has 0 aliphatic rings. The molecule has 0 bridgehead atoms. The van der Waals surface area contributed by atoms with Crippen molar-refractivity contribution in [3.05, 3.63) is 6.07 Å². The van der Waals surface area contributed by atoms with Crippen molar-refractivity contribution in [1.29, 1.82) is 0 Å². The standard InChI is InChI=1S/C13H24N6O/c1-5-6-16-10-7-11(18-13(14)17-10)19(4)8-9(2)12(20)15-3/h7,9H,5-6,8H2,1-4H3,(H,15,20)(H3,14,16,17,18). The molecule has 0 radical (unpaired) electrons. The van der Waals surface area contributed by atoms with E-state index < -0.39 is 0 Å². The lowest BCUT2D eigenvalue weighted by molar-refractivity contribution is -0.123. The Kier molecular flexibility index (Phi) is 6.02. The molecule has 4 N–H and O–H groups in total. The summed E-state index contributed by atoms with van der Waals surface area (Å²) in [6.07, 6.45) is 1.00. The van der Waals surface area contributed by atoms with Crippen LogP contribution in [0.2, 0.25) is 0 Å². The van der Waals surface area contributed by atoms with Gasteiger partial charge in [0.05, 0.1) is 5.92 Å². The minimum Gasteiger partial charge on any atom is -0.370 e. The first-order valence-electron chi connectivity index (χ1n) is 6.79. The van der Waals surface area contributed by atoms with Crippen LogP contribution in [0.25, 0.3) is 0 Å². The van der Waals surface area contributed by atoms with Gasteiger partial charge in [0, 0.05) is 33.3 Å². The van der Waals surface area contributed by atoms with Gasteiger partial charge in [0.25, 0.3) is 0 Å². The Morgan fingerprint density at radius 3 is 2.80 bits per heavy atom. The van der Waals surface area contributed by atoms with Crippen molar-refractivity contribution in [3.63, 3.8) is 0 Å². The van der Waals surface area contributed by atoms with Crippen molar-refractivity contribution in [2.75, 3.05) is 43.1 Å². The van der Waals surface area contributed by atoms with Crippen LogP contribution in [0.4, 0.5) is 17.6 Å². The van der Waals surface area contributed by atoms with Crippen LogP contribution in [0.1, 0.15) is 20.3 Å². The second-order valence-electron chi connectivity index (χ2n) is 4.79. The number of amides is 1. The van der Waals surface area contributed by atoms with Crippen LogP contribution in [-0.4, -0.2) is 43.1 Å². The van der Waals surface area contributed by atoms with Crippen molar-refractivity contribution in [1.82, 2.24) is 15.3 Å². The first-order chi connectivity index (χ1) is 9.47. The highest BCUT2D eigenvalue weighted by Gasteiger charge is 2.15. The fourth-order valence-electron chi connectivity index (χ4n) is 1.83. The third kappa shape index (κ3) is 4.56. The molecular formula is C13H24N6O. The third-order valence-corrected chi connectivity index (χ3v) is 2.92. The van der Waals surface area contributed by atoms with E-state index in [0.29, 0.717) is 18.2 Å². The van der Waals surface area contributed by atoms with Crippen LogP contribution in [0.15, 0.2) is 6.07 Å². The maximum atomic E-state index is 11.5. The number of carbonyl (C=O) groups excluding carboxylic acids is 1. The Morgan fingerprint density at radius 1 is 1.50 bits per heavy atom. The summed E-state index contributed by atoms with van der Waals surface area (Å²) in [4.78, 5) is 21.8. The Hall–Kier alpha value is -2.05. The number of hydrogen-bond donors (Lipinski definition) is 3. The number of nitrogens with two attached hydrogens (primary N) is 1. The van der Waals surface area contributed by atoms with Crippen molar-refractivity contribution in [3.8, 4) is 0 Å². The van der Waals surface area contributed by atoms with E-state index in [1.54, 1.807) is 7.05 Å². The lowest BCUT2D eigenvalue weighted by atomic mass is 10.1. The minimum atomic E-state index is -0.131. The minimum absolute atomic E-state index is 0.00297. The summed E-state index contributed by atoms with van der Waals surface area (Å²) in [5, 5.41) is 5.82. The number of nitrogen functional groups attached to an aromatic ring is 1. The summed E-state index contributed by atoms with van der Waals surface area (Å²) in [5.41, 5.74) is 5.72. The normalized spacial score (nSPS) is 11.8. The Labute approximate surface area is 120 Å². The average Bonchev–Trinajstić information content (AvgIpc) is 2.43. The molecule has 0 spiro atoms. The number of anilines is 3. The molecule has 1 amide bonds. The molecule has 20 heavy (non-hydrogen) atoms. The van der Waals surface area contributed by atoms with Gasteiger partial charge in [0.15, 0.2) is 0 Å². The molecule has 0 aliphatic heterocycles. The predicted octanol–water partition coefficient (Wildman–Crippen LogP) is 0.699. The molecule has 0 saturated heterocycles. The lowest BCUT2D eigenvalue weighted by Crippen LogP contribution is -2.34. The van der Waals surface area contributed by atoms with Gasteiger partial charge in [-0.25, -0.2) is 0 Å². The zero-order valence-corrected chi connectivity index (χ0v) is 12.6. The van der Waals surface area contributed by atoms with Gasteiger partial charge in [-0.05, 0) is 6.42 Å². The quantitative estimate of drug-likeness (QED) is 0.680. The van der Waals surface area contributed by atoms with E-state index in [1.807, 2.05) is 24.9 Å². The molecule has 7 nitrogen and oxygen atoms in total. The van der Waals surface area contributed by atoms with Gasteiger partial charge >= 0.3 is 0 Å². The van der Waals surface area contributed by atoms with Gasteiger partial charge in [0.2, 0.25) is 11.9 Å². The Bertz CT molecular complexity index is 450. The number of nitrogens with zero attached hydrogens (tertiary/aromatic N) is 3. The van der Waals surface area contributed by atoms with E-state index in [-0.39, 0.29) is 17.8 Å².